The predicted octanol–water partition coefficient (Wildman–Crippen LogP) is 3.45. The van der Waals surface area contributed by atoms with Crippen molar-refractivity contribution in [2.75, 3.05) is 13.2 Å². The predicted molar refractivity (Wildman–Crippen MR) is 111 cm³/mol. The lowest BCUT2D eigenvalue weighted by Gasteiger charge is -2.19. The molecular formula is C21H20ClN5O3. The molecule has 0 radical (unpaired) electrons. The summed E-state index contributed by atoms with van der Waals surface area (Å²) in [5.41, 5.74) is 2.71. The van der Waals surface area contributed by atoms with Gasteiger partial charge in [0.2, 0.25) is 0 Å². The normalized spacial score (nSPS) is 15.1. The molecule has 0 aliphatic carbocycles. The molecule has 1 aromatic carbocycles. The minimum atomic E-state index is -0.278. The molecule has 0 saturated carbocycles. The van der Waals surface area contributed by atoms with Crippen molar-refractivity contribution in [3.05, 3.63) is 69.0 Å². The average molecular weight is 426 g/mol. The Morgan fingerprint density at radius 2 is 1.97 bits per heavy atom. The summed E-state index contributed by atoms with van der Waals surface area (Å²) < 4.78 is 14.2. The van der Waals surface area contributed by atoms with Gasteiger partial charge in [-0.1, -0.05) is 28.9 Å². The van der Waals surface area contributed by atoms with E-state index in [1.807, 2.05) is 34.9 Å². The maximum atomic E-state index is 13.2. The van der Waals surface area contributed by atoms with Crippen LogP contribution in [0.5, 0.6) is 0 Å². The van der Waals surface area contributed by atoms with E-state index in [0.717, 1.165) is 29.7 Å². The summed E-state index contributed by atoms with van der Waals surface area (Å²) in [6, 6.07) is 9.62. The maximum Gasteiger partial charge on any atom is 0.287 e. The van der Waals surface area contributed by atoms with Crippen LogP contribution in [0.15, 0.2) is 45.8 Å². The van der Waals surface area contributed by atoms with Crippen molar-refractivity contribution < 1.29 is 9.26 Å². The Morgan fingerprint density at radius 1 is 1.20 bits per heavy atom. The van der Waals surface area contributed by atoms with Crippen LogP contribution in [0.1, 0.15) is 35.8 Å². The molecule has 4 heterocycles. The fourth-order valence-electron chi connectivity index (χ4n) is 3.79. The van der Waals surface area contributed by atoms with Crippen LogP contribution < -0.4 is 5.56 Å². The van der Waals surface area contributed by atoms with Crippen LogP contribution in [-0.4, -0.2) is 37.5 Å². The number of aryl methyl sites for hydroxylation is 1. The van der Waals surface area contributed by atoms with Crippen LogP contribution in [0.25, 0.3) is 17.1 Å². The standard InChI is InChI=1S/C21H20ClN5O3/c1-13-23-20(30-25-13)17-12-26(11-14-2-4-16(22)5-3-14)19-10-18(24-27(19)21(17)28)15-6-8-29-9-7-15/h2-5,10,12,15H,6-9,11H2,1H3. The monoisotopic (exact) mass is 425 g/mol. The highest BCUT2D eigenvalue weighted by Gasteiger charge is 2.23. The molecule has 0 unspecified atom stereocenters. The summed E-state index contributed by atoms with van der Waals surface area (Å²) in [7, 11) is 0. The number of nitrogens with zero attached hydrogens (tertiary/aromatic N) is 5. The molecule has 0 amide bonds. The number of fused-ring (bicyclic) bond motifs is 1. The SMILES string of the molecule is Cc1noc(-c2cn(Cc3ccc(Cl)cc3)c3cc(C4CCOCC4)nn3c2=O)n1. The van der Waals surface area contributed by atoms with Crippen LogP contribution in [0.3, 0.4) is 0 Å². The van der Waals surface area contributed by atoms with E-state index in [4.69, 9.17) is 20.9 Å². The molecule has 8 nitrogen and oxygen atoms in total. The highest BCUT2D eigenvalue weighted by Crippen LogP contribution is 2.27. The summed E-state index contributed by atoms with van der Waals surface area (Å²) in [4.78, 5) is 17.4. The molecule has 1 aliphatic heterocycles. The van der Waals surface area contributed by atoms with Gasteiger partial charge in [-0.2, -0.15) is 14.6 Å². The summed E-state index contributed by atoms with van der Waals surface area (Å²) in [6.07, 6.45) is 3.55. The average Bonchev–Trinajstić information content (AvgIpc) is 3.39. The lowest BCUT2D eigenvalue weighted by molar-refractivity contribution is 0.0844. The van der Waals surface area contributed by atoms with E-state index in [1.54, 1.807) is 13.1 Å². The summed E-state index contributed by atoms with van der Waals surface area (Å²) in [5, 5.41) is 9.16. The summed E-state index contributed by atoms with van der Waals surface area (Å²) in [6.45, 7) is 3.68. The Morgan fingerprint density at radius 3 is 2.67 bits per heavy atom. The zero-order valence-electron chi connectivity index (χ0n) is 16.4. The molecule has 0 spiro atoms. The Balaban J connectivity index is 1.66. The van der Waals surface area contributed by atoms with Crippen LogP contribution in [-0.2, 0) is 11.3 Å². The topological polar surface area (TPSA) is 87.5 Å². The van der Waals surface area contributed by atoms with Gasteiger partial charge in [-0.05, 0) is 37.5 Å². The molecule has 3 aromatic heterocycles. The molecule has 1 aliphatic rings. The first-order valence-corrected chi connectivity index (χ1v) is 10.2. The zero-order valence-corrected chi connectivity index (χ0v) is 17.2. The highest BCUT2D eigenvalue weighted by molar-refractivity contribution is 6.30. The Hall–Kier alpha value is -2.97. The van der Waals surface area contributed by atoms with Crippen molar-refractivity contribution in [2.24, 2.45) is 0 Å². The van der Waals surface area contributed by atoms with Crippen molar-refractivity contribution >= 4 is 17.2 Å². The van der Waals surface area contributed by atoms with Crippen LogP contribution in [0.4, 0.5) is 0 Å². The van der Waals surface area contributed by atoms with Crippen molar-refractivity contribution in [1.82, 2.24) is 24.3 Å². The lowest BCUT2D eigenvalue weighted by atomic mass is 9.97. The number of hydrogen-bond acceptors (Lipinski definition) is 6. The van der Waals surface area contributed by atoms with Crippen LogP contribution in [0, 0.1) is 6.92 Å². The molecule has 30 heavy (non-hydrogen) atoms. The molecular weight excluding hydrogens is 406 g/mol. The number of halogens is 1. The van der Waals surface area contributed by atoms with Gasteiger partial charge >= 0.3 is 0 Å². The largest absolute Gasteiger partial charge is 0.381 e. The third kappa shape index (κ3) is 3.53. The number of ether oxygens (including phenoxy) is 1. The van der Waals surface area contributed by atoms with E-state index in [-0.39, 0.29) is 17.4 Å². The van der Waals surface area contributed by atoms with Gasteiger partial charge in [0.1, 0.15) is 11.2 Å². The lowest BCUT2D eigenvalue weighted by Crippen LogP contribution is -2.21. The van der Waals surface area contributed by atoms with E-state index in [2.05, 4.69) is 15.2 Å². The first-order valence-electron chi connectivity index (χ1n) is 9.84. The number of aromatic nitrogens is 5. The van der Waals surface area contributed by atoms with Crippen LogP contribution in [0.2, 0.25) is 5.02 Å². The molecule has 0 bridgehead atoms. The Kier molecular flexibility index (Phi) is 4.88. The smallest absolute Gasteiger partial charge is 0.287 e. The van der Waals surface area contributed by atoms with Crippen molar-refractivity contribution in [1.29, 1.82) is 0 Å². The van der Waals surface area contributed by atoms with E-state index in [1.165, 1.54) is 4.52 Å². The van der Waals surface area contributed by atoms with Gasteiger partial charge in [0, 0.05) is 43.0 Å². The van der Waals surface area contributed by atoms with Crippen molar-refractivity contribution in [3.8, 4) is 11.5 Å². The summed E-state index contributed by atoms with van der Waals surface area (Å²) >= 11 is 6.03. The number of rotatable bonds is 4. The molecule has 5 rings (SSSR count). The first kappa shape index (κ1) is 19.0. The van der Waals surface area contributed by atoms with Crippen molar-refractivity contribution in [3.63, 3.8) is 0 Å². The molecule has 0 N–H and O–H groups in total. The highest BCUT2D eigenvalue weighted by atomic mass is 35.5. The molecule has 1 saturated heterocycles. The second kappa shape index (κ2) is 7.70. The number of hydrogen-bond donors (Lipinski definition) is 0. The van der Waals surface area contributed by atoms with E-state index >= 15 is 0 Å². The van der Waals surface area contributed by atoms with E-state index in [9.17, 15) is 4.79 Å². The third-order valence-electron chi connectivity index (χ3n) is 5.38. The minimum absolute atomic E-state index is 0.187. The second-order valence-corrected chi connectivity index (χ2v) is 7.91. The molecule has 0 atom stereocenters. The molecule has 154 valence electrons. The Labute approximate surface area is 177 Å². The van der Waals surface area contributed by atoms with E-state index in [0.29, 0.717) is 36.2 Å². The maximum absolute atomic E-state index is 13.2. The molecule has 4 aromatic rings. The van der Waals surface area contributed by atoms with Gasteiger partial charge in [0.15, 0.2) is 5.82 Å². The van der Waals surface area contributed by atoms with Crippen molar-refractivity contribution in [2.45, 2.75) is 32.2 Å². The number of benzene rings is 1. The minimum Gasteiger partial charge on any atom is -0.381 e. The Bertz CT molecular complexity index is 1250. The fourth-order valence-corrected chi connectivity index (χ4v) is 3.92. The van der Waals surface area contributed by atoms with Gasteiger partial charge in [-0.15, -0.1) is 0 Å². The van der Waals surface area contributed by atoms with Gasteiger partial charge in [-0.25, -0.2) is 0 Å². The quantitative estimate of drug-likeness (QED) is 0.497. The molecule has 9 heteroatoms. The fraction of sp³-hybridized carbons (Fsp3) is 0.333. The second-order valence-electron chi connectivity index (χ2n) is 7.47. The third-order valence-corrected chi connectivity index (χ3v) is 5.63. The van der Waals surface area contributed by atoms with Gasteiger partial charge in [0.05, 0.1) is 5.69 Å². The van der Waals surface area contributed by atoms with Gasteiger partial charge < -0.3 is 13.8 Å². The summed E-state index contributed by atoms with van der Waals surface area (Å²) in [5.74, 6) is 0.931. The zero-order chi connectivity index (χ0) is 20.7. The van der Waals surface area contributed by atoms with Gasteiger partial charge in [-0.3, -0.25) is 4.79 Å². The molecule has 1 fully saturated rings. The first-order chi connectivity index (χ1) is 14.6. The van der Waals surface area contributed by atoms with E-state index < -0.39 is 0 Å². The van der Waals surface area contributed by atoms with Crippen LogP contribution >= 0.6 is 11.6 Å². The van der Waals surface area contributed by atoms with Gasteiger partial charge in [0.25, 0.3) is 11.4 Å².